The van der Waals surface area contributed by atoms with Crippen LogP contribution in [-0.4, -0.2) is 25.8 Å². The molecule has 0 fully saturated rings. The highest BCUT2D eigenvalue weighted by Crippen LogP contribution is 2.12. The molecule has 0 rings (SSSR count). The van der Waals surface area contributed by atoms with Crippen LogP contribution in [-0.2, 0) is 14.3 Å². The van der Waals surface area contributed by atoms with Crippen molar-refractivity contribution in [2.24, 2.45) is 5.92 Å². The number of ether oxygens (including phenoxy) is 2. The highest BCUT2D eigenvalue weighted by Gasteiger charge is 2.19. The van der Waals surface area contributed by atoms with E-state index in [9.17, 15) is 4.79 Å². The zero-order chi connectivity index (χ0) is 13.6. The van der Waals surface area contributed by atoms with Gasteiger partial charge in [0.25, 0.3) is 0 Å². The predicted molar refractivity (Wildman–Crippen MR) is 74.6 cm³/mol. The average molecular weight is 258 g/mol. The van der Waals surface area contributed by atoms with Crippen LogP contribution < -0.4 is 0 Å². The highest BCUT2D eigenvalue weighted by atomic mass is 16.5. The smallest absolute Gasteiger partial charge is 0.311 e. The van der Waals surface area contributed by atoms with Crippen LogP contribution in [0.15, 0.2) is 0 Å². The monoisotopic (exact) mass is 258 g/mol. The summed E-state index contributed by atoms with van der Waals surface area (Å²) in [7, 11) is 0. The number of carbonyl (C=O) groups is 1. The van der Waals surface area contributed by atoms with E-state index >= 15 is 0 Å². The van der Waals surface area contributed by atoms with E-state index in [1.807, 2.05) is 0 Å². The van der Waals surface area contributed by atoms with Crippen LogP contribution >= 0.6 is 0 Å². The number of hydrogen-bond donors (Lipinski definition) is 0. The summed E-state index contributed by atoms with van der Waals surface area (Å²) in [6.45, 7) is 8.18. The Balaban J connectivity index is 3.90. The Morgan fingerprint density at radius 2 is 1.56 bits per heavy atom. The zero-order valence-electron chi connectivity index (χ0n) is 12.4. The van der Waals surface area contributed by atoms with Crippen LogP contribution in [0.5, 0.6) is 0 Å². The quantitative estimate of drug-likeness (QED) is 0.393. The Hall–Kier alpha value is -0.570. The number of rotatable bonds is 12. The van der Waals surface area contributed by atoms with Crippen LogP contribution in [0.1, 0.15) is 65.7 Å². The summed E-state index contributed by atoms with van der Waals surface area (Å²) in [5.74, 6) is -0.146. The van der Waals surface area contributed by atoms with Gasteiger partial charge in [0.05, 0.1) is 19.1 Å². The van der Waals surface area contributed by atoms with Gasteiger partial charge in [0.15, 0.2) is 0 Å². The lowest BCUT2D eigenvalue weighted by molar-refractivity contribution is -0.151. The third kappa shape index (κ3) is 9.46. The highest BCUT2D eigenvalue weighted by molar-refractivity contribution is 5.72. The first-order valence-electron chi connectivity index (χ1n) is 7.50. The van der Waals surface area contributed by atoms with Crippen molar-refractivity contribution >= 4 is 5.97 Å². The molecule has 1 atom stereocenters. The molecule has 18 heavy (non-hydrogen) atoms. The Bertz CT molecular complexity index is 192. The van der Waals surface area contributed by atoms with E-state index in [1.54, 1.807) is 0 Å². The lowest BCUT2D eigenvalue weighted by Crippen LogP contribution is -2.23. The van der Waals surface area contributed by atoms with Crippen LogP contribution in [0.25, 0.3) is 0 Å². The lowest BCUT2D eigenvalue weighted by atomic mass is 10.0. The number of esters is 1. The second-order valence-corrected chi connectivity index (χ2v) is 4.79. The molecule has 0 aliphatic heterocycles. The fourth-order valence-corrected chi connectivity index (χ4v) is 1.63. The largest absolute Gasteiger partial charge is 0.465 e. The van der Waals surface area contributed by atoms with E-state index in [2.05, 4.69) is 20.8 Å². The third-order valence-corrected chi connectivity index (χ3v) is 2.94. The van der Waals surface area contributed by atoms with Gasteiger partial charge in [0, 0.05) is 6.61 Å². The van der Waals surface area contributed by atoms with Gasteiger partial charge in [0.1, 0.15) is 0 Å². The van der Waals surface area contributed by atoms with Crippen LogP contribution in [0.2, 0.25) is 0 Å². The third-order valence-electron chi connectivity index (χ3n) is 2.94. The summed E-state index contributed by atoms with van der Waals surface area (Å²) in [4.78, 5) is 11.9. The van der Waals surface area contributed by atoms with E-state index in [-0.39, 0.29) is 11.9 Å². The minimum Gasteiger partial charge on any atom is -0.465 e. The summed E-state index contributed by atoms with van der Waals surface area (Å²) in [5.41, 5.74) is 0. The van der Waals surface area contributed by atoms with Crippen LogP contribution in [0.3, 0.4) is 0 Å². The number of carbonyl (C=O) groups excluding carboxylic acids is 1. The normalized spacial score (nSPS) is 12.4. The fourth-order valence-electron chi connectivity index (χ4n) is 1.63. The van der Waals surface area contributed by atoms with Crippen LogP contribution in [0, 0.1) is 5.92 Å². The Morgan fingerprint density at radius 1 is 0.944 bits per heavy atom. The maximum Gasteiger partial charge on any atom is 0.311 e. The molecule has 0 saturated carbocycles. The second-order valence-electron chi connectivity index (χ2n) is 4.79. The van der Waals surface area contributed by atoms with Crippen molar-refractivity contribution < 1.29 is 14.3 Å². The summed E-state index contributed by atoms with van der Waals surface area (Å²) in [5, 5.41) is 0. The molecular weight excluding hydrogens is 228 g/mol. The first kappa shape index (κ1) is 17.4. The molecule has 0 aromatic heterocycles. The lowest BCUT2D eigenvalue weighted by Gasteiger charge is -2.15. The summed E-state index contributed by atoms with van der Waals surface area (Å²) in [6.07, 6.45) is 7.24. The van der Waals surface area contributed by atoms with Crippen molar-refractivity contribution in [3.8, 4) is 0 Å². The van der Waals surface area contributed by atoms with E-state index in [0.29, 0.717) is 13.2 Å². The summed E-state index contributed by atoms with van der Waals surface area (Å²) in [6, 6.07) is 0. The summed E-state index contributed by atoms with van der Waals surface area (Å²) < 4.78 is 10.8. The van der Waals surface area contributed by atoms with Crippen LogP contribution in [0.4, 0.5) is 0 Å². The fraction of sp³-hybridized carbons (Fsp3) is 0.933. The molecule has 0 aliphatic carbocycles. The molecule has 0 aromatic rings. The molecule has 3 heteroatoms. The van der Waals surface area contributed by atoms with Gasteiger partial charge in [-0.25, -0.2) is 0 Å². The summed E-state index contributed by atoms with van der Waals surface area (Å²) >= 11 is 0. The number of unbranched alkanes of at least 4 members (excludes halogenated alkanes) is 3. The minimum atomic E-state index is -0.0756. The van der Waals surface area contributed by atoms with Gasteiger partial charge < -0.3 is 9.47 Å². The van der Waals surface area contributed by atoms with E-state index in [4.69, 9.17) is 9.47 Å². The Morgan fingerprint density at radius 3 is 2.17 bits per heavy atom. The molecule has 108 valence electrons. The molecule has 0 bridgehead atoms. The molecule has 1 unspecified atom stereocenters. The van der Waals surface area contributed by atoms with Gasteiger partial charge >= 0.3 is 5.97 Å². The van der Waals surface area contributed by atoms with Crippen molar-refractivity contribution in [3.63, 3.8) is 0 Å². The molecule has 0 radical (unpaired) electrons. The van der Waals surface area contributed by atoms with Gasteiger partial charge in [-0.2, -0.15) is 0 Å². The average Bonchev–Trinajstić information content (AvgIpc) is 2.38. The van der Waals surface area contributed by atoms with Gasteiger partial charge in [-0.3, -0.25) is 4.79 Å². The standard InChI is InChI=1S/C15H30O3/c1-4-7-10-14(13-17-11-8-5-2)15(16)18-12-9-6-3/h14H,4-13H2,1-3H3. The topological polar surface area (TPSA) is 35.5 Å². The molecule has 0 heterocycles. The maximum absolute atomic E-state index is 11.9. The van der Waals surface area contributed by atoms with Gasteiger partial charge in [0.2, 0.25) is 0 Å². The van der Waals surface area contributed by atoms with E-state index < -0.39 is 0 Å². The first-order chi connectivity index (χ1) is 8.76. The second kappa shape index (κ2) is 12.9. The van der Waals surface area contributed by atoms with Gasteiger partial charge in [-0.05, 0) is 19.3 Å². The van der Waals surface area contributed by atoms with Crippen molar-refractivity contribution in [1.29, 1.82) is 0 Å². The zero-order valence-corrected chi connectivity index (χ0v) is 12.4. The maximum atomic E-state index is 11.9. The van der Waals surface area contributed by atoms with E-state index in [0.717, 1.165) is 51.6 Å². The predicted octanol–water partition coefficient (Wildman–Crippen LogP) is 3.95. The van der Waals surface area contributed by atoms with Gasteiger partial charge in [-0.15, -0.1) is 0 Å². The SMILES string of the molecule is CCCCOCC(CCCC)C(=O)OCCCC. The van der Waals surface area contributed by atoms with Gasteiger partial charge in [-0.1, -0.05) is 46.5 Å². The van der Waals surface area contributed by atoms with Crippen molar-refractivity contribution in [2.75, 3.05) is 19.8 Å². The molecule has 0 aliphatic rings. The first-order valence-corrected chi connectivity index (χ1v) is 7.50. The van der Waals surface area contributed by atoms with Crippen molar-refractivity contribution in [3.05, 3.63) is 0 Å². The molecule has 0 N–H and O–H groups in total. The van der Waals surface area contributed by atoms with E-state index in [1.165, 1.54) is 0 Å². The molecule has 0 spiro atoms. The Kier molecular flexibility index (Phi) is 12.5. The molecular formula is C15H30O3. The van der Waals surface area contributed by atoms with Crippen molar-refractivity contribution in [1.82, 2.24) is 0 Å². The molecule has 0 saturated heterocycles. The Labute approximate surface area is 112 Å². The minimum absolute atomic E-state index is 0.0707. The molecule has 0 amide bonds. The molecule has 3 nitrogen and oxygen atoms in total. The van der Waals surface area contributed by atoms with Crippen molar-refractivity contribution in [2.45, 2.75) is 65.7 Å². The number of hydrogen-bond acceptors (Lipinski definition) is 3. The molecule has 0 aromatic carbocycles.